The van der Waals surface area contributed by atoms with Gasteiger partial charge in [0.25, 0.3) is 5.69 Å². The number of nitro groups is 1. The van der Waals surface area contributed by atoms with Gasteiger partial charge in [0.05, 0.1) is 9.82 Å². The molecule has 27 heavy (non-hydrogen) atoms. The van der Waals surface area contributed by atoms with Crippen molar-refractivity contribution < 1.29 is 22.5 Å². The summed E-state index contributed by atoms with van der Waals surface area (Å²) in [5.41, 5.74) is 0.171. The molecule has 0 fully saturated rings. The van der Waals surface area contributed by atoms with Crippen LogP contribution < -0.4 is 10.0 Å². The molecule has 0 aliphatic rings. The van der Waals surface area contributed by atoms with Crippen molar-refractivity contribution in [2.75, 3.05) is 13.1 Å². The third kappa shape index (κ3) is 6.28. The zero-order chi connectivity index (χ0) is 19.9. The van der Waals surface area contributed by atoms with Crippen LogP contribution in [0.4, 0.5) is 10.1 Å². The van der Waals surface area contributed by atoms with Crippen molar-refractivity contribution in [3.63, 3.8) is 0 Å². The summed E-state index contributed by atoms with van der Waals surface area (Å²) in [4.78, 5) is 21.5. The average molecular weight is 393 g/mol. The van der Waals surface area contributed by atoms with Crippen molar-refractivity contribution in [2.24, 2.45) is 0 Å². The van der Waals surface area contributed by atoms with Gasteiger partial charge in [-0.2, -0.15) is 0 Å². The molecule has 0 bridgehead atoms. The zero-order valence-electron chi connectivity index (χ0n) is 14.0. The van der Waals surface area contributed by atoms with Crippen molar-refractivity contribution in [1.29, 1.82) is 0 Å². The molecule has 0 aromatic heterocycles. The predicted octanol–water partition coefficient (Wildman–Crippen LogP) is 1.84. The van der Waals surface area contributed by atoms with Crippen LogP contribution in [0.25, 0.3) is 6.08 Å². The predicted molar refractivity (Wildman–Crippen MR) is 96.7 cm³/mol. The Hall–Kier alpha value is -3.11. The number of benzene rings is 2. The van der Waals surface area contributed by atoms with E-state index in [2.05, 4.69) is 10.0 Å². The van der Waals surface area contributed by atoms with Crippen LogP contribution in [-0.4, -0.2) is 32.3 Å². The van der Waals surface area contributed by atoms with E-state index in [1.54, 1.807) is 6.07 Å². The Bertz CT molecular complexity index is 976. The molecule has 0 aliphatic carbocycles. The topological polar surface area (TPSA) is 118 Å². The quantitative estimate of drug-likeness (QED) is 0.307. The Morgan fingerprint density at radius 2 is 1.89 bits per heavy atom. The minimum absolute atomic E-state index is 0.000477. The summed E-state index contributed by atoms with van der Waals surface area (Å²) in [6.45, 7) is -0.106. The number of hydrogen-bond donors (Lipinski definition) is 2. The largest absolute Gasteiger partial charge is 0.351 e. The monoisotopic (exact) mass is 393 g/mol. The van der Waals surface area contributed by atoms with Gasteiger partial charge in [0.15, 0.2) is 0 Å². The summed E-state index contributed by atoms with van der Waals surface area (Å²) in [6, 6.07) is 10.3. The summed E-state index contributed by atoms with van der Waals surface area (Å²) in [7, 11) is -3.94. The number of halogens is 1. The van der Waals surface area contributed by atoms with E-state index < -0.39 is 26.7 Å². The third-order valence-corrected chi connectivity index (χ3v) is 4.79. The van der Waals surface area contributed by atoms with Crippen LogP contribution in [0.2, 0.25) is 0 Å². The number of nitro benzene ring substituents is 1. The highest BCUT2D eigenvalue weighted by Gasteiger charge is 2.16. The summed E-state index contributed by atoms with van der Waals surface area (Å²) < 4.78 is 39.5. The minimum atomic E-state index is -3.94. The van der Waals surface area contributed by atoms with Gasteiger partial charge in [-0.3, -0.25) is 14.9 Å². The highest BCUT2D eigenvalue weighted by Crippen LogP contribution is 2.16. The number of nitrogens with zero attached hydrogens (tertiary/aromatic N) is 1. The van der Waals surface area contributed by atoms with Crippen molar-refractivity contribution in [3.8, 4) is 0 Å². The number of hydrogen-bond acceptors (Lipinski definition) is 5. The Kier molecular flexibility index (Phi) is 6.74. The Labute approximate surface area is 154 Å². The van der Waals surface area contributed by atoms with Crippen LogP contribution in [-0.2, 0) is 14.8 Å². The average Bonchev–Trinajstić information content (AvgIpc) is 2.64. The molecule has 0 unspecified atom stereocenters. The molecule has 0 atom stereocenters. The fraction of sp³-hybridized carbons (Fsp3) is 0.118. The SMILES string of the molecule is O=C(/C=C/c1cccc(F)c1)NCCNS(=O)(=O)c1cccc([N+](=O)[O-])c1. The van der Waals surface area contributed by atoms with E-state index in [1.165, 1.54) is 48.6 Å². The standard InChI is InChI=1S/C17H16FN3O5S/c18-14-4-1-3-13(11-14)7-8-17(22)19-9-10-20-27(25,26)16-6-2-5-15(12-16)21(23)24/h1-8,11-12,20H,9-10H2,(H,19,22)/b8-7+. The first kappa shape index (κ1) is 20.2. The van der Waals surface area contributed by atoms with Gasteiger partial charge in [0, 0.05) is 31.3 Å². The van der Waals surface area contributed by atoms with E-state index in [9.17, 15) is 27.7 Å². The van der Waals surface area contributed by atoms with E-state index in [-0.39, 0.29) is 23.7 Å². The second-order valence-corrected chi connectivity index (χ2v) is 7.10. The lowest BCUT2D eigenvalue weighted by Crippen LogP contribution is -2.34. The molecular weight excluding hydrogens is 377 g/mol. The van der Waals surface area contributed by atoms with Crippen molar-refractivity contribution >= 4 is 27.7 Å². The van der Waals surface area contributed by atoms with Gasteiger partial charge in [0.2, 0.25) is 15.9 Å². The van der Waals surface area contributed by atoms with Crippen molar-refractivity contribution in [3.05, 3.63) is 76.1 Å². The first-order chi connectivity index (χ1) is 12.8. The van der Waals surface area contributed by atoms with Gasteiger partial charge >= 0.3 is 0 Å². The van der Waals surface area contributed by atoms with Gasteiger partial charge in [-0.25, -0.2) is 17.5 Å². The van der Waals surface area contributed by atoms with Gasteiger partial charge in [-0.05, 0) is 29.8 Å². The maximum atomic E-state index is 13.0. The smallest absolute Gasteiger partial charge is 0.270 e. The number of rotatable bonds is 8. The van der Waals surface area contributed by atoms with Gasteiger partial charge in [0.1, 0.15) is 5.82 Å². The summed E-state index contributed by atoms with van der Waals surface area (Å²) in [5, 5.41) is 13.2. The van der Waals surface area contributed by atoms with Crippen LogP contribution >= 0.6 is 0 Å². The fourth-order valence-electron chi connectivity index (χ4n) is 2.06. The van der Waals surface area contributed by atoms with E-state index in [4.69, 9.17) is 0 Å². The Balaban J connectivity index is 1.84. The van der Waals surface area contributed by atoms with E-state index in [0.717, 1.165) is 6.07 Å². The number of carbonyl (C=O) groups excluding carboxylic acids is 1. The van der Waals surface area contributed by atoms with E-state index in [0.29, 0.717) is 5.56 Å². The molecule has 2 N–H and O–H groups in total. The first-order valence-electron chi connectivity index (χ1n) is 7.73. The highest BCUT2D eigenvalue weighted by atomic mass is 32.2. The fourth-order valence-corrected chi connectivity index (χ4v) is 3.13. The molecule has 10 heteroatoms. The second-order valence-electron chi connectivity index (χ2n) is 5.33. The second kappa shape index (κ2) is 9.01. The molecular formula is C17H16FN3O5S. The van der Waals surface area contributed by atoms with Crippen LogP contribution in [0.3, 0.4) is 0 Å². The maximum Gasteiger partial charge on any atom is 0.270 e. The lowest BCUT2D eigenvalue weighted by molar-refractivity contribution is -0.385. The molecule has 2 aromatic carbocycles. The number of nitrogens with one attached hydrogen (secondary N) is 2. The Morgan fingerprint density at radius 1 is 1.15 bits per heavy atom. The first-order valence-corrected chi connectivity index (χ1v) is 9.22. The van der Waals surface area contributed by atoms with Gasteiger partial charge in [-0.1, -0.05) is 18.2 Å². The highest BCUT2D eigenvalue weighted by molar-refractivity contribution is 7.89. The van der Waals surface area contributed by atoms with Crippen LogP contribution in [0.5, 0.6) is 0 Å². The van der Waals surface area contributed by atoms with Crippen LogP contribution in [0.1, 0.15) is 5.56 Å². The lowest BCUT2D eigenvalue weighted by Gasteiger charge is -2.07. The van der Waals surface area contributed by atoms with E-state index in [1.807, 2.05) is 0 Å². The summed E-state index contributed by atoms with van der Waals surface area (Å²) >= 11 is 0. The van der Waals surface area contributed by atoms with Gasteiger partial charge < -0.3 is 5.32 Å². The van der Waals surface area contributed by atoms with E-state index >= 15 is 0 Å². The van der Waals surface area contributed by atoms with Gasteiger partial charge in [-0.15, -0.1) is 0 Å². The molecule has 2 rings (SSSR count). The number of sulfonamides is 1. The molecule has 0 saturated carbocycles. The lowest BCUT2D eigenvalue weighted by atomic mass is 10.2. The zero-order valence-corrected chi connectivity index (χ0v) is 14.8. The number of non-ortho nitro benzene ring substituents is 1. The summed E-state index contributed by atoms with van der Waals surface area (Å²) in [5.74, 6) is -0.901. The third-order valence-electron chi connectivity index (χ3n) is 3.33. The number of carbonyl (C=O) groups is 1. The van der Waals surface area contributed by atoms with Crippen LogP contribution in [0, 0.1) is 15.9 Å². The van der Waals surface area contributed by atoms with Crippen molar-refractivity contribution in [1.82, 2.24) is 10.0 Å². The Morgan fingerprint density at radius 3 is 2.59 bits per heavy atom. The number of amides is 1. The van der Waals surface area contributed by atoms with Crippen LogP contribution in [0.15, 0.2) is 59.5 Å². The maximum absolute atomic E-state index is 13.0. The molecule has 0 aliphatic heterocycles. The summed E-state index contributed by atoms with van der Waals surface area (Å²) in [6.07, 6.45) is 2.62. The molecule has 142 valence electrons. The minimum Gasteiger partial charge on any atom is -0.351 e. The van der Waals surface area contributed by atoms with Crippen molar-refractivity contribution in [2.45, 2.75) is 4.90 Å². The molecule has 0 radical (unpaired) electrons. The molecule has 0 heterocycles. The normalized spacial score (nSPS) is 11.4. The molecule has 2 aromatic rings. The molecule has 8 nitrogen and oxygen atoms in total. The molecule has 0 saturated heterocycles. The molecule has 1 amide bonds. The molecule has 0 spiro atoms.